The lowest BCUT2D eigenvalue weighted by Crippen LogP contribution is -1.99. The fourth-order valence-corrected chi connectivity index (χ4v) is 6.44. The highest BCUT2D eigenvalue weighted by atomic mass is 16.6. The number of hydrogen-bond acceptors (Lipinski definition) is 2. The second kappa shape index (κ2) is 26.5. The van der Waals surface area contributed by atoms with E-state index in [-0.39, 0.29) is 0 Å². The molecule has 235 valence electrons. The van der Waals surface area contributed by atoms with Gasteiger partial charge in [-0.25, -0.2) is 0 Å². The Balaban J connectivity index is 1.48. The van der Waals surface area contributed by atoms with Crippen molar-refractivity contribution < 1.29 is 9.31 Å². The molecule has 1 aromatic rings. The molecule has 0 N–H and O–H groups in total. The summed E-state index contributed by atoms with van der Waals surface area (Å²) < 4.78 is 11.2. The minimum atomic E-state index is 0.912. The van der Waals surface area contributed by atoms with E-state index in [9.17, 15) is 0 Å². The van der Waals surface area contributed by atoms with Crippen LogP contribution in [-0.2, 0) is 12.8 Å². The maximum Gasteiger partial charge on any atom is 0.658 e. The van der Waals surface area contributed by atoms with E-state index in [1.165, 1.54) is 211 Å². The maximum atomic E-state index is 5.60. The second-order valence-corrected chi connectivity index (χ2v) is 13.1. The molecule has 0 fully saturated rings. The Kier molecular flexibility index (Phi) is 23.3. The molecular formula is C38H68BO2. The van der Waals surface area contributed by atoms with Crippen molar-refractivity contribution in [3.05, 3.63) is 23.3 Å². The average Bonchev–Trinajstić information content (AvgIpc) is 3.44. The third-order valence-corrected chi connectivity index (χ3v) is 9.22. The molecule has 0 unspecified atom stereocenters. The Morgan fingerprint density at radius 1 is 0.366 bits per heavy atom. The fourth-order valence-electron chi connectivity index (χ4n) is 6.44. The molecule has 0 aliphatic carbocycles. The molecule has 3 heteroatoms. The van der Waals surface area contributed by atoms with E-state index in [2.05, 4.69) is 26.0 Å². The molecule has 0 aromatic heterocycles. The van der Waals surface area contributed by atoms with Crippen LogP contribution in [0.25, 0.3) is 0 Å². The van der Waals surface area contributed by atoms with Crippen LogP contribution in [0, 0.1) is 0 Å². The summed E-state index contributed by atoms with van der Waals surface area (Å²) >= 11 is 0. The number of unbranched alkanes of at least 4 members (excludes halogenated alkanes) is 26. The molecule has 41 heavy (non-hydrogen) atoms. The Labute approximate surface area is 257 Å². The molecule has 0 saturated carbocycles. The van der Waals surface area contributed by atoms with Crippen LogP contribution in [-0.4, -0.2) is 7.69 Å². The summed E-state index contributed by atoms with van der Waals surface area (Å²) in [6, 6.07) is 4.53. The van der Waals surface area contributed by atoms with Crippen LogP contribution in [0.15, 0.2) is 12.1 Å². The zero-order valence-corrected chi connectivity index (χ0v) is 27.8. The molecule has 1 radical (unpaired) electrons. The van der Waals surface area contributed by atoms with Crippen molar-refractivity contribution in [3.63, 3.8) is 0 Å². The second-order valence-electron chi connectivity index (χ2n) is 13.1. The highest BCUT2D eigenvalue weighted by Gasteiger charge is 2.19. The number of benzene rings is 1. The first kappa shape index (κ1) is 36.1. The quantitative estimate of drug-likeness (QED) is 0.0680. The van der Waals surface area contributed by atoms with Crippen LogP contribution in [0.4, 0.5) is 0 Å². The van der Waals surface area contributed by atoms with Crippen molar-refractivity contribution in [1.82, 2.24) is 0 Å². The summed E-state index contributed by atoms with van der Waals surface area (Å²) in [5.41, 5.74) is 2.99. The third kappa shape index (κ3) is 18.9. The van der Waals surface area contributed by atoms with Crippen LogP contribution in [0.1, 0.15) is 205 Å². The predicted octanol–water partition coefficient (Wildman–Crippen LogP) is 13.0. The van der Waals surface area contributed by atoms with Gasteiger partial charge in [0.15, 0.2) is 0 Å². The van der Waals surface area contributed by atoms with E-state index in [1.807, 2.05) is 0 Å². The lowest BCUT2D eigenvalue weighted by atomic mass is 9.95. The average molecular weight is 568 g/mol. The smallest absolute Gasteiger partial charge is 0.524 e. The molecule has 0 saturated heterocycles. The van der Waals surface area contributed by atoms with Crippen molar-refractivity contribution >= 4 is 7.69 Å². The zero-order chi connectivity index (χ0) is 29.1. The highest BCUT2D eigenvalue weighted by Crippen LogP contribution is 2.35. The van der Waals surface area contributed by atoms with Crippen molar-refractivity contribution in [2.24, 2.45) is 0 Å². The van der Waals surface area contributed by atoms with Gasteiger partial charge in [0.25, 0.3) is 0 Å². The van der Waals surface area contributed by atoms with Gasteiger partial charge in [-0.2, -0.15) is 0 Å². The van der Waals surface area contributed by atoms with Gasteiger partial charge in [0, 0.05) is 0 Å². The van der Waals surface area contributed by atoms with E-state index in [0.29, 0.717) is 0 Å². The van der Waals surface area contributed by atoms with E-state index >= 15 is 0 Å². The van der Waals surface area contributed by atoms with Gasteiger partial charge in [-0.05, 0) is 48.9 Å². The minimum Gasteiger partial charge on any atom is -0.524 e. The Bertz CT molecular complexity index is 659. The van der Waals surface area contributed by atoms with E-state index in [4.69, 9.17) is 9.31 Å². The predicted molar refractivity (Wildman–Crippen MR) is 181 cm³/mol. The molecule has 1 heterocycles. The van der Waals surface area contributed by atoms with Crippen LogP contribution in [0.3, 0.4) is 0 Å². The molecule has 1 aliphatic rings. The molecule has 0 bridgehead atoms. The molecular weight excluding hydrogens is 499 g/mol. The highest BCUT2D eigenvalue weighted by molar-refractivity contribution is 6.22. The van der Waals surface area contributed by atoms with Gasteiger partial charge in [0.05, 0.1) is 0 Å². The van der Waals surface area contributed by atoms with Gasteiger partial charge in [0.1, 0.15) is 11.5 Å². The number of hydrogen-bond donors (Lipinski definition) is 0. The van der Waals surface area contributed by atoms with Gasteiger partial charge >= 0.3 is 7.69 Å². The summed E-state index contributed by atoms with van der Waals surface area (Å²) in [5.74, 6) is 1.82. The van der Waals surface area contributed by atoms with E-state index in [0.717, 1.165) is 11.5 Å². The molecule has 1 aliphatic heterocycles. The summed E-state index contributed by atoms with van der Waals surface area (Å²) in [5, 5.41) is 0. The van der Waals surface area contributed by atoms with E-state index < -0.39 is 0 Å². The molecule has 2 rings (SSSR count). The minimum absolute atomic E-state index is 0.912. The van der Waals surface area contributed by atoms with Crippen molar-refractivity contribution in [2.45, 2.75) is 206 Å². The lowest BCUT2D eigenvalue weighted by molar-refractivity contribution is 0.534. The maximum absolute atomic E-state index is 5.60. The Hall–Kier alpha value is -1.12. The van der Waals surface area contributed by atoms with Gasteiger partial charge in [-0.1, -0.05) is 181 Å². The number of aryl methyl sites for hydroxylation is 2. The van der Waals surface area contributed by atoms with Gasteiger partial charge < -0.3 is 9.31 Å². The zero-order valence-electron chi connectivity index (χ0n) is 27.8. The first-order valence-electron chi connectivity index (χ1n) is 18.7. The largest absolute Gasteiger partial charge is 0.658 e. The monoisotopic (exact) mass is 568 g/mol. The summed E-state index contributed by atoms with van der Waals surface area (Å²) in [6.45, 7) is 4.60. The van der Waals surface area contributed by atoms with Gasteiger partial charge in [-0.15, -0.1) is 0 Å². The molecule has 1 aromatic carbocycles. The number of rotatable bonds is 30. The summed E-state index contributed by atoms with van der Waals surface area (Å²) in [6.07, 6.45) is 42.0. The standard InChI is InChI=1S/C38H68BO2/c1-3-5-7-9-11-13-15-17-19-21-23-25-27-29-31-35-33-37-38(41-39-40-37)34-36(35)32-30-28-26-24-22-20-18-16-14-12-10-8-6-4-2/h33-34H,3-32H2,1-2H3. The van der Waals surface area contributed by atoms with Crippen LogP contribution < -0.4 is 9.31 Å². The molecule has 0 spiro atoms. The third-order valence-electron chi connectivity index (χ3n) is 9.22. The van der Waals surface area contributed by atoms with Crippen molar-refractivity contribution in [2.75, 3.05) is 0 Å². The van der Waals surface area contributed by atoms with Crippen molar-refractivity contribution in [1.29, 1.82) is 0 Å². The Morgan fingerprint density at radius 3 is 0.878 bits per heavy atom. The van der Waals surface area contributed by atoms with Crippen LogP contribution in [0.5, 0.6) is 11.5 Å². The first-order valence-corrected chi connectivity index (χ1v) is 18.7. The first-order chi connectivity index (χ1) is 20.3. The fraction of sp³-hybridized carbons (Fsp3) is 0.842. The number of fused-ring (bicyclic) bond motifs is 1. The van der Waals surface area contributed by atoms with Crippen LogP contribution in [0.2, 0.25) is 0 Å². The summed E-state index contributed by atoms with van der Waals surface area (Å²) in [7, 11) is 1.48. The molecule has 0 atom stereocenters. The van der Waals surface area contributed by atoms with Crippen LogP contribution >= 0.6 is 0 Å². The topological polar surface area (TPSA) is 18.5 Å². The van der Waals surface area contributed by atoms with Crippen molar-refractivity contribution in [3.8, 4) is 11.5 Å². The van der Waals surface area contributed by atoms with Gasteiger partial charge in [0.2, 0.25) is 0 Å². The summed E-state index contributed by atoms with van der Waals surface area (Å²) in [4.78, 5) is 0. The molecule has 0 amide bonds. The lowest BCUT2D eigenvalue weighted by Gasteiger charge is -2.12. The Morgan fingerprint density at radius 2 is 0.610 bits per heavy atom. The SMILES string of the molecule is CCCCCCCCCCCCCCCCc1cc2c(cc1CCCCCCCCCCCCCCCC)O[B]O2. The normalized spacial score (nSPS) is 12.2. The molecule has 2 nitrogen and oxygen atoms in total. The van der Waals surface area contributed by atoms with E-state index in [1.54, 1.807) is 0 Å². The van der Waals surface area contributed by atoms with Gasteiger partial charge in [-0.3, -0.25) is 0 Å².